The highest BCUT2D eigenvalue weighted by atomic mass is 79.9. The van der Waals surface area contributed by atoms with E-state index in [1.807, 2.05) is 23.0 Å². The molecule has 1 aromatic carbocycles. The van der Waals surface area contributed by atoms with Crippen LogP contribution in [0.5, 0.6) is 0 Å². The fourth-order valence-corrected chi connectivity index (χ4v) is 2.52. The summed E-state index contributed by atoms with van der Waals surface area (Å²) in [4.78, 5) is 0. The summed E-state index contributed by atoms with van der Waals surface area (Å²) in [5.74, 6) is -0.211. The highest BCUT2D eigenvalue weighted by molar-refractivity contribution is 9.10. The molecule has 1 N–H and O–H groups in total. The van der Waals surface area contributed by atoms with Crippen molar-refractivity contribution in [1.29, 1.82) is 0 Å². The van der Waals surface area contributed by atoms with Crippen LogP contribution < -0.4 is 5.32 Å². The van der Waals surface area contributed by atoms with Crippen LogP contribution in [0.15, 0.2) is 41.1 Å². The summed E-state index contributed by atoms with van der Waals surface area (Å²) in [6.45, 7) is 7.08. The molecule has 3 nitrogen and oxygen atoms in total. The molecule has 0 saturated carbocycles. The summed E-state index contributed by atoms with van der Waals surface area (Å²) in [7, 11) is 0. The minimum absolute atomic E-state index is 0.0161. The quantitative estimate of drug-likeness (QED) is 0.907. The molecule has 1 atom stereocenters. The molecule has 1 unspecified atom stereocenters. The maximum atomic E-state index is 13.1. The molecular weight excluding hydrogens is 321 g/mol. The second-order valence-electron chi connectivity index (χ2n) is 5.91. The molecule has 1 aromatic heterocycles. The lowest BCUT2D eigenvalue weighted by molar-refractivity contribution is 0.252. The van der Waals surface area contributed by atoms with Crippen LogP contribution in [0.1, 0.15) is 32.4 Å². The van der Waals surface area contributed by atoms with E-state index in [2.05, 4.69) is 47.1 Å². The van der Waals surface area contributed by atoms with E-state index in [1.54, 1.807) is 6.20 Å². The Morgan fingerprint density at radius 3 is 2.45 bits per heavy atom. The molecule has 2 aromatic rings. The molecule has 5 heteroatoms. The Hall–Kier alpha value is -1.20. The second-order valence-corrected chi connectivity index (χ2v) is 6.83. The third kappa shape index (κ3) is 3.90. The van der Waals surface area contributed by atoms with Gasteiger partial charge in [-0.15, -0.1) is 0 Å². The van der Waals surface area contributed by atoms with Gasteiger partial charge in [0.05, 0.1) is 17.3 Å². The van der Waals surface area contributed by atoms with Gasteiger partial charge in [0.25, 0.3) is 0 Å². The van der Waals surface area contributed by atoms with Crippen LogP contribution in [0.25, 0.3) is 0 Å². The fourth-order valence-electron chi connectivity index (χ4n) is 2.19. The Kier molecular flexibility index (Phi) is 4.60. The number of nitrogens with one attached hydrogen (secondary N) is 1. The van der Waals surface area contributed by atoms with Crippen molar-refractivity contribution in [3.05, 3.63) is 52.5 Å². The number of nitrogens with zero attached hydrogens (tertiary/aromatic N) is 2. The van der Waals surface area contributed by atoms with Crippen LogP contribution in [0.3, 0.4) is 0 Å². The van der Waals surface area contributed by atoms with Gasteiger partial charge in [-0.05, 0) is 39.0 Å². The lowest BCUT2D eigenvalue weighted by atomic mass is 9.82. The average Bonchev–Trinajstić information content (AvgIpc) is 2.76. The van der Waals surface area contributed by atoms with E-state index in [0.717, 1.165) is 10.0 Å². The van der Waals surface area contributed by atoms with E-state index >= 15 is 0 Å². The molecule has 0 aliphatic heterocycles. The Morgan fingerprint density at radius 1 is 1.30 bits per heavy atom. The molecule has 2 rings (SSSR count). The Morgan fingerprint density at radius 2 is 1.95 bits per heavy atom. The Balaban J connectivity index is 2.14. The summed E-state index contributed by atoms with van der Waals surface area (Å²) in [6.07, 6.45) is 3.67. The number of hydrogen-bond acceptors (Lipinski definition) is 2. The molecular formula is C15H19BrFN3. The van der Waals surface area contributed by atoms with E-state index in [9.17, 15) is 4.39 Å². The smallest absolute Gasteiger partial charge is 0.123 e. The molecule has 0 radical (unpaired) electrons. The average molecular weight is 340 g/mol. The molecule has 0 saturated heterocycles. The zero-order valence-corrected chi connectivity index (χ0v) is 13.5. The lowest BCUT2D eigenvalue weighted by Gasteiger charge is -2.32. The van der Waals surface area contributed by atoms with Crippen molar-refractivity contribution in [2.24, 2.45) is 5.41 Å². The van der Waals surface area contributed by atoms with Gasteiger partial charge < -0.3 is 0 Å². The Bertz CT molecular complexity index is 557. The third-order valence-corrected chi connectivity index (χ3v) is 3.54. The standard InChI is InChI=1S/C15H19BrFN3/c1-15(2,3)14(11-4-6-13(17)7-5-11)18-10-20-9-12(16)8-19-20/h4-9,14,18H,10H2,1-3H3. The van der Waals surface area contributed by atoms with E-state index in [4.69, 9.17) is 0 Å². The molecule has 108 valence electrons. The van der Waals surface area contributed by atoms with Gasteiger partial charge in [-0.2, -0.15) is 5.10 Å². The van der Waals surface area contributed by atoms with Gasteiger partial charge >= 0.3 is 0 Å². The normalized spacial score (nSPS) is 13.4. The number of aromatic nitrogens is 2. The first-order valence-electron chi connectivity index (χ1n) is 6.53. The van der Waals surface area contributed by atoms with Gasteiger partial charge in [-0.25, -0.2) is 4.39 Å². The van der Waals surface area contributed by atoms with Crippen LogP contribution in [-0.4, -0.2) is 9.78 Å². The van der Waals surface area contributed by atoms with E-state index in [0.29, 0.717) is 6.67 Å². The summed E-state index contributed by atoms with van der Waals surface area (Å²) in [6, 6.07) is 6.78. The van der Waals surface area contributed by atoms with Gasteiger partial charge in [-0.1, -0.05) is 32.9 Å². The van der Waals surface area contributed by atoms with Crippen LogP contribution in [0.2, 0.25) is 0 Å². The number of hydrogen-bond donors (Lipinski definition) is 1. The first-order valence-corrected chi connectivity index (χ1v) is 7.32. The van der Waals surface area contributed by atoms with Crippen LogP contribution in [0, 0.1) is 11.2 Å². The van der Waals surface area contributed by atoms with Crippen molar-refractivity contribution in [2.45, 2.75) is 33.5 Å². The molecule has 0 aliphatic carbocycles. The van der Waals surface area contributed by atoms with Gasteiger partial charge in [0.1, 0.15) is 5.82 Å². The zero-order chi connectivity index (χ0) is 14.8. The number of benzene rings is 1. The molecule has 0 bridgehead atoms. The predicted molar refractivity (Wildman–Crippen MR) is 81.7 cm³/mol. The highest BCUT2D eigenvalue weighted by Crippen LogP contribution is 2.32. The second kappa shape index (κ2) is 6.06. The SMILES string of the molecule is CC(C)(C)C(NCn1cc(Br)cn1)c1ccc(F)cc1. The minimum Gasteiger partial charge on any atom is -0.291 e. The van der Waals surface area contributed by atoms with Crippen LogP contribution in [-0.2, 0) is 6.67 Å². The van der Waals surface area contributed by atoms with E-state index in [1.165, 1.54) is 12.1 Å². The topological polar surface area (TPSA) is 29.9 Å². The van der Waals surface area contributed by atoms with Crippen LogP contribution >= 0.6 is 15.9 Å². The fraction of sp³-hybridized carbons (Fsp3) is 0.400. The predicted octanol–water partition coefficient (Wildman–Crippen LogP) is 4.12. The molecule has 0 spiro atoms. The first kappa shape index (κ1) is 15.2. The van der Waals surface area contributed by atoms with Gasteiger partial charge in [0.15, 0.2) is 0 Å². The van der Waals surface area contributed by atoms with E-state index in [-0.39, 0.29) is 17.3 Å². The van der Waals surface area contributed by atoms with Gasteiger partial charge in [0.2, 0.25) is 0 Å². The van der Waals surface area contributed by atoms with Crippen molar-refractivity contribution < 1.29 is 4.39 Å². The summed E-state index contributed by atoms with van der Waals surface area (Å²) >= 11 is 3.38. The Labute approximate surface area is 127 Å². The minimum atomic E-state index is -0.211. The first-order chi connectivity index (χ1) is 9.36. The van der Waals surface area contributed by atoms with Crippen molar-refractivity contribution in [2.75, 3.05) is 0 Å². The molecule has 20 heavy (non-hydrogen) atoms. The largest absolute Gasteiger partial charge is 0.291 e. The number of rotatable bonds is 4. The summed E-state index contributed by atoms with van der Waals surface area (Å²) in [5.41, 5.74) is 1.09. The third-order valence-electron chi connectivity index (χ3n) is 3.13. The molecule has 0 amide bonds. The van der Waals surface area contributed by atoms with E-state index < -0.39 is 0 Å². The number of halogens is 2. The van der Waals surface area contributed by atoms with Crippen molar-refractivity contribution in [3.63, 3.8) is 0 Å². The summed E-state index contributed by atoms with van der Waals surface area (Å²) in [5, 5.41) is 7.71. The monoisotopic (exact) mass is 339 g/mol. The van der Waals surface area contributed by atoms with Crippen molar-refractivity contribution in [1.82, 2.24) is 15.1 Å². The lowest BCUT2D eigenvalue weighted by Crippen LogP contribution is -2.33. The van der Waals surface area contributed by atoms with Crippen molar-refractivity contribution >= 4 is 15.9 Å². The molecule has 0 fully saturated rings. The highest BCUT2D eigenvalue weighted by Gasteiger charge is 2.25. The molecule has 0 aliphatic rings. The van der Waals surface area contributed by atoms with Gasteiger partial charge in [-0.3, -0.25) is 10.00 Å². The maximum Gasteiger partial charge on any atom is 0.123 e. The summed E-state index contributed by atoms with van der Waals surface area (Å²) < 4.78 is 15.8. The zero-order valence-electron chi connectivity index (χ0n) is 11.9. The molecule has 1 heterocycles. The van der Waals surface area contributed by atoms with Gasteiger partial charge in [0, 0.05) is 12.2 Å². The maximum absolute atomic E-state index is 13.1. The van der Waals surface area contributed by atoms with Crippen molar-refractivity contribution in [3.8, 4) is 0 Å². The van der Waals surface area contributed by atoms with Crippen LogP contribution in [0.4, 0.5) is 4.39 Å².